The molecule has 0 heterocycles. The Balaban J connectivity index is 1.66. The predicted molar refractivity (Wildman–Crippen MR) is 137 cm³/mol. The first-order valence-electron chi connectivity index (χ1n) is 11.3. The van der Waals surface area contributed by atoms with Crippen molar-refractivity contribution >= 4 is 27.5 Å². The molecule has 0 unspecified atom stereocenters. The Kier molecular flexibility index (Phi) is 6.13. The summed E-state index contributed by atoms with van der Waals surface area (Å²) in [5.74, 6) is 0.855. The van der Waals surface area contributed by atoms with Crippen LogP contribution in [0.15, 0.2) is 103 Å². The van der Waals surface area contributed by atoms with E-state index < -0.39 is 5.91 Å². The van der Waals surface area contributed by atoms with Crippen LogP contribution in [0.1, 0.15) is 5.56 Å². The second-order valence-corrected chi connectivity index (χ2v) is 8.16. The highest BCUT2D eigenvalue weighted by Crippen LogP contribution is 2.45. The number of fused-ring (bicyclic) bond motifs is 2. The fourth-order valence-electron chi connectivity index (χ4n) is 4.33. The fourth-order valence-corrected chi connectivity index (χ4v) is 4.33. The van der Waals surface area contributed by atoms with Gasteiger partial charge in [-0.1, -0.05) is 91.0 Å². The van der Waals surface area contributed by atoms with Crippen molar-refractivity contribution in [3.63, 3.8) is 0 Å². The number of carbonyl (C=O) groups is 1. The third-order valence-electron chi connectivity index (χ3n) is 5.89. The predicted octanol–water partition coefficient (Wildman–Crippen LogP) is 6.15. The van der Waals surface area contributed by atoms with Crippen LogP contribution in [0.4, 0.5) is 0 Å². The molecule has 4 nitrogen and oxygen atoms in total. The average molecular weight is 448 g/mol. The van der Waals surface area contributed by atoms with Crippen LogP contribution in [-0.2, 0) is 11.2 Å². The summed E-state index contributed by atoms with van der Waals surface area (Å²) in [6.45, 7) is 0.345. The zero-order chi connectivity index (χ0) is 23.3. The monoisotopic (exact) mass is 447 g/mol. The Morgan fingerprint density at radius 1 is 0.618 bits per heavy atom. The summed E-state index contributed by atoms with van der Waals surface area (Å²) in [5, 5.41) is 4.25. The van der Waals surface area contributed by atoms with Crippen LogP contribution in [0.2, 0.25) is 0 Å². The standard InChI is InChI=1S/C30H25NO3/c31-28(32)20-34-27-17-15-23-11-5-7-13-25(23)30(27)29-24-12-6-4-10-22(24)14-16-26(29)33-19-18-21-8-2-1-3-9-21/h1-17H,18-20H2,(H2,31,32). The van der Waals surface area contributed by atoms with Gasteiger partial charge in [-0.15, -0.1) is 0 Å². The molecule has 0 radical (unpaired) electrons. The molecule has 5 aromatic rings. The van der Waals surface area contributed by atoms with E-state index in [0.717, 1.165) is 44.8 Å². The molecule has 0 saturated heterocycles. The molecule has 0 aliphatic heterocycles. The van der Waals surface area contributed by atoms with Gasteiger partial charge in [0.15, 0.2) is 6.61 Å². The van der Waals surface area contributed by atoms with Crippen molar-refractivity contribution in [1.29, 1.82) is 0 Å². The van der Waals surface area contributed by atoms with Gasteiger partial charge in [0.05, 0.1) is 6.61 Å². The third kappa shape index (κ3) is 4.44. The molecule has 0 saturated carbocycles. The zero-order valence-corrected chi connectivity index (χ0v) is 18.7. The molecule has 0 atom stereocenters. The molecule has 0 aliphatic rings. The first kappa shape index (κ1) is 21.5. The van der Waals surface area contributed by atoms with E-state index in [9.17, 15) is 4.79 Å². The number of rotatable bonds is 8. The number of hydrogen-bond donors (Lipinski definition) is 1. The van der Waals surface area contributed by atoms with E-state index in [2.05, 4.69) is 42.5 Å². The van der Waals surface area contributed by atoms with Crippen LogP contribution >= 0.6 is 0 Å². The van der Waals surface area contributed by atoms with Gasteiger partial charge in [0.25, 0.3) is 5.91 Å². The number of nitrogens with two attached hydrogens (primary N) is 1. The van der Waals surface area contributed by atoms with Gasteiger partial charge in [-0.25, -0.2) is 0 Å². The zero-order valence-electron chi connectivity index (χ0n) is 18.7. The highest BCUT2D eigenvalue weighted by Gasteiger charge is 2.19. The Bertz CT molecular complexity index is 1460. The highest BCUT2D eigenvalue weighted by atomic mass is 16.5. The minimum absolute atomic E-state index is 0.194. The maximum Gasteiger partial charge on any atom is 0.255 e. The lowest BCUT2D eigenvalue weighted by Crippen LogP contribution is -2.20. The second-order valence-electron chi connectivity index (χ2n) is 8.16. The van der Waals surface area contributed by atoms with E-state index in [1.165, 1.54) is 5.56 Å². The molecule has 0 aromatic heterocycles. The number of carbonyl (C=O) groups excluding carboxylic acids is 1. The van der Waals surface area contributed by atoms with E-state index in [1.807, 2.05) is 60.7 Å². The van der Waals surface area contributed by atoms with Crippen LogP contribution in [0, 0.1) is 0 Å². The summed E-state index contributed by atoms with van der Waals surface area (Å²) in [4.78, 5) is 11.5. The van der Waals surface area contributed by atoms with Crippen LogP contribution < -0.4 is 15.2 Å². The minimum Gasteiger partial charge on any atom is -0.493 e. The minimum atomic E-state index is -0.517. The molecular weight excluding hydrogens is 422 g/mol. The van der Waals surface area contributed by atoms with E-state index >= 15 is 0 Å². The van der Waals surface area contributed by atoms with Gasteiger partial charge in [0.1, 0.15) is 11.5 Å². The Morgan fingerprint density at radius 2 is 1.15 bits per heavy atom. The molecule has 34 heavy (non-hydrogen) atoms. The first-order chi connectivity index (χ1) is 16.7. The molecule has 0 bridgehead atoms. The van der Waals surface area contributed by atoms with Gasteiger partial charge in [-0.3, -0.25) is 4.79 Å². The number of ether oxygens (including phenoxy) is 2. The Hall–Kier alpha value is -4.31. The largest absolute Gasteiger partial charge is 0.493 e. The lowest BCUT2D eigenvalue weighted by molar-refractivity contribution is -0.119. The van der Waals surface area contributed by atoms with Crippen molar-refractivity contribution in [2.45, 2.75) is 6.42 Å². The summed E-state index contributed by atoms with van der Waals surface area (Å²) in [5.41, 5.74) is 8.46. The smallest absolute Gasteiger partial charge is 0.255 e. The van der Waals surface area contributed by atoms with Gasteiger partial charge in [0.2, 0.25) is 0 Å². The van der Waals surface area contributed by atoms with Crippen molar-refractivity contribution in [2.24, 2.45) is 5.73 Å². The van der Waals surface area contributed by atoms with Gasteiger partial charge >= 0.3 is 0 Å². The number of amides is 1. The van der Waals surface area contributed by atoms with Crippen molar-refractivity contribution < 1.29 is 14.3 Å². The first-order valence-corrected chi connectivity index (χ1v) is 11.3. The summed E-state index contributed by atoms with van der Waals surface area (Å²) in [7, 11) is 0. The van der Waals surface area contributed by atoms with Crippen LogP contribution in [0.25, 0.3) is 32.7 Å². The second kappa shape index (κ2) is 9.67. The fraction of sp³-hybridized carbons (Fsp3) is 0.100. The number of primary amides is 1. The lowest BCUT2D eigenvalue weighted by atomic mass is 9.92. The molecule has 5 rings (SSSR count). The maximum absolute atomic E-state index is 11.5. The SMILES string of the molecule is NC(=O)COc1ccc2ccccc2c1-c1c(OCCc2ccccc2)ccc2ccccc12. The van der Waals surface area contributed by atoms with Crippen LogP contribution in [0.3, 0.4) is 0 Å². The van der Waals surface area contributed by atoms with Crippen molar-refractivity contribution in [3.05, 3.63) is 109 Å². The molecule has 2 N–H and O–H groups in total. The normalized spacial score (nSPS) is 10.9. The van der Waals surface area contributed by atoms with Crippen molar-refractivity contribution in [3.8, 4) is 22.6 Å². The molecule has 4 heteroatoms. The number of benzene rings is 5. The third-order valence-corrected chi connectivity index (χ3v) is 5.89. The van der Waals surface area contributed by atoms with Gasteiger partial charge < -0.3 is 15.2 Å². The molecule has 0 spiro atoms. The van der Waals surface area contributed by atoms with Gasteiger partial charge in [0, 0.05) is 17.5 Å². The topological polar surface area (TPSA) is 61.6 Å². The maximum atomic E-state index is 11.5. The van der Waals surface area contributed by atoms with E-state index in [4.69, 9.17) is 15.2 Å². The quantitative estimate of drug-likeness (QED) is 0.311. The Morgan fingerprint density at radius 3 is 1.74 bits per heavy atom. The Labute approximate surface area is 198 Å². The molecule has 0 fully saturated rings. The molecule has 1 amide bonds. The van der Waals surface area contributed by atoms with Gasteiger partial charge in [-0.05, 0) is 39.2 Å². The molecule has 0 aliphatic carbocycles. The van der Waals surface area contributed by atoms with Crippen molar-refractivity contribution in [2.75, 3.05) is 13.2 Å². The van der Waals surface area contributed by atoms with Gasteiger partial charge in [-0.2, -0.15) is 0 Å². The average Bonchev–Trinajstić information content (AvgIpc) is 2.88. The summed E-state index contributed by atoms with van der Waals surface area (Å²) in [6, 6.07) is 34.7. The highest BCUT2D eigenvalue weighted by molar-refractivity contribution is 6.09. The van der Waals surface area contributed by atoms with Crippen LogP contribution in [0.5, 0.6) is 11.5 Å². The number of hydrogen-bond acceptors (Lipinski definition) is 3. The lowest BCUT2D eigenvalue weighted by Gasteiger charge is -2.19. The molecular formula is C30H25NO3. The van der Waals surface area contributed by atoms with Crippen LogP contribution in [-0.4, -0.2) is 19.1 Å². The van der Waals surface area contributed by atoms with E-state index in [1.54, 1.807) is 0 Å². The van der Waals surface area contributed by atoms with Crippen molar-refractivity contribution in [1.82, 2.24) is 0 Å². The molecule has 168 valence electrons. The summed E-state index contributed by atoms with van der Waals surface area (Å²) >= 11 is 0. The van der Waals surface area contributed by atoms with E-state index in [-0.39, 0.29) is 6.61 Å². The summed E-state index contributed by atoms with van der Waals surface area (Å²) in [6.07, 6.45) is 0.799. The van der Waals surface area contributed by atoms with E-state index in [0.29, 0.717) is 12.4 Å². The molecule has 5 aromatic carbocycles. The summed E-state index contributed by atoms with van der Waals surface area (Å²) < 4.78 is 12.3.